The standard InChI is InChI=1S/C17H29NO2/c1-8-20-16(17(4,5)6)15(18)14-12(3)9-11(2)10-13(14)19-7/h9-10,15-16H,8,18H2,1-7H3. The summed E-state index contributed by atoms with van der Waals surface area (Å²) in [7, 11) is 1.69. The second-order valence-corrected chi connectivity index (χ2v) is 6.47. The van der Waals surface area contributed by atoms with Crippen LogP contribution in [0.1, 0.15) is 50.4 Å². The van der Waals surface area contributed by atoms with Gasteiger partial charge in [0.1, 0.15) is 5.75 Å². The highest BCUT2D eigenvalue weighted by Crippen LogP contribution is 2.37. The number of nitrogens with two attached hydrogens (primary N) is 1. The number of ether oxygens (including phenoxy) is 2. The Morgan fingerprint density at radius 3 is 2.25 bits per heavy atom. The van der Waals surface area contributed by atoms with Gasteiger partial charge in [0.05, 0.1) is 19.3 Å². The fraction of sp³-hybridized carbons (Fsp3) is 0.647. The summed E-state index contributed by atoms with van der Waals surface area (Å²) in [6.07, 6.45) is -0.0530. The molecule has 0 aliphatic rings. The van der Waals surface area contributed by atoms with Gasteiger partial charge >= 0.3 is 0 Å². The van der Waals surface area contributed by atoms with Gasteiger partial charge in [-0.15, -0.1) is 0 Å². The first-order chi connectivity index (χ1) is 9.22. The number of hydrogen-bond donors (Lipinski definition) is 1. The van der Waals surface area contributed by atoms with E-state index < -0.39 is 0 Å². The SMILES string of the molecule is CCOC(C(N)c1c(C)cc(C)cc1OC)C(C)(C)C. The molecular weight excluding hydrogens is 250 g/mol. The van der Waals surface area contributed by atoms with Gasteiger partial charge in [-0.05, 0) is 43.4 Å². The predicted octanol–water partition coefficient (Wildman–Crippen LogP) is 3.76. The third-order valence-electron chi connectivity index (χ3n) is 3.57. The monoisotopic (exact) mass is 279 g/mol. The summed E-state index contributed by atoms with van der Waals surface area (Å²) < 4.78 is 11.5. The van der Waals surface area contributed by atoms with Gasteiger partial charge in [-0.25, -0.2) is 0 Å². The minimum Gasteiger partial charge on any atom is -0.496 e. The van der Waals surface area contributed by atoms with Crippen molar-refractivity contribution in [1.82, 2.24) is 0 Å². The van der Waals surface area contributed by atoms with Crippen molar-refractivity contribution in [3.63, 3.8) is 0 Å². The molecule has 114 valence electrons. The second-order valence-electron chi connectivity index (χ2n) is 6.47. The highest BCUT2D eigenvalue weighted by molar-refractivity contribution is 5.45. The molecule has 1 aromatic rings. The van der Waals surface area contributed by atoms with E-state index in [4.69, 9.17) is 15.2 Å². The highest BCUT2D eigenvalue weighted by atomic mass is 16.5. The van der Waals surface area contributed by atoms with Crippen LogP contribution in [0.4, 0.5) is 0 Å². The van der Waals surface area contributed by atoms with E-state index in [1.54, 1.807) is 7.11 Å². The lowest BCUT2D eigenvalue weighted by Gasteiger charge is -2.36. The number of benzene rings is 1. The van der Waals surface area contributed by atoms with Crippen molar-refractivity contribution in [3.8, 4) is 5.75 Å². The summed E-state index contributed by atoms with van der Waals surface area (Å²) in [4.78, 5) is 0. The van der Waals surface area contributed by atoms with Gasteiger partial charge in [0.2, 0.25) is 0 Å². The molecule has 0 radical (unpaired) electrons. The summed E-state index contributed by atoms with van der Waals surface area (Å²) in [5.74, 6) is 0.851. The first kappa shape index (κ1) is 17.0. The molecule has 1 rings (SSSR count). The van der Waals surface area contributed by atoms with Crippen LogP contribution in [0.3, 0.4) is 0 Å². The average molecular weight is 279 g/mol. The first-order valence-corrected chi connectivity index (χ1v) is 7.24. The van der Waals surface area contributed by atoms with Gasteiger partial charge in [0.25, 0.3) is 0 Å². The molecule has 0 spiro atoms. The number of aryl methyl sites for hydroxylation is 2. The third-order valence-corrected chi connectivity index (χ3v) is 3.57. The lowest BCUT2D eigenvalue weighted by Crippen LogP contribution is -2.40. The van der Waals surface area contributed by atoms with Gasteiger partial charge in [-0.2, -0.15) is 0 Å². The van der Waals surface area contributed by atoms with Crippen molar-refractivity contribution in [2.45, 2.75) is 53.7 Å². The summed E-state index contributed by atoms with van der Waals surface area (Å²) in [6, 6.07) is 3.97. The van der Waals surface area contributed by atoms with Crippen molar-refractivity contribution in [2.24, 2.45) is 11.1 Å². The third kappa shape index (κ3) is 3.74. The maximum Gasteiger partial charge on any atom is 0.124 e. The molecule has 2 atom stereocenters. The van der Waals surface area contributed by atoms with Crippen LogP contribution in [0.2, 0.25) is 0 Å². The Balaban J connectivity index is 3.27. The first-order valence-electron chi connectivity index (χ1n) is 7.24. The number of methoxy groups -OCH3 is 1. The zero-order chi connectivity index (χ0) is 15.5. The van der Waals surface area contributed by atoms with E-state index in [9.17, 15) is 0 Å². The van der Waals surface area contributed by atoms with Crippen molar-refractivity contribution < 1.29 is 9.47 Å². The van der Waals surface area contributed by atoms with Crippen molar-refractivity contribution in [1.29, 1.82) is 0 Å². The molecule has 0 aromatic heterocycles. The lowest BCUT2D eigenvalue weighted by atomic mass is 9.81. The second kappa shape index (κ2) is 6.59. The number of hydrogen-bond acceptors (Lipinski definition) is 3. The topological polar surface area (TPSA) is 44.5 Å². The molecule has 0 aliphatic heterocycles. The van der Waals surface area contributed by atoms with Crippen LogP contribution >= 0.6 is 0 Å². The minimum atomic E-state index is -0.203. The molecule has 20 heavy (non-hydrogen) atoms. The van der Waals surface area contributed by atoms with Gasteiger partial charge in [0, 0.05) is 12.2 Å². The smallest absolute Gasteiger partial charge is 0.124 e. The van der Waals surface area contributed by atoms with E-state index in [-0.39, 0.29) is 17.6 Å². The minimum absolute atomic E-state index is 0.0300. The molecule has 3 heteroatoms. The molecule has 0 saturated heterocycles. The van der Waals surface area contributed by atoms with Crippen LogP contribution in [0.5, 0.6) is 5.75 Å². The van der Waals surface area contributed by atoms with Crippen LogP contribution < -0.4 is 10.5 Å². The zero-order valence-electron chi connectivity index (χ0n) is 13.9. The largest absolute Gasteiger partial charge is 0.496 e. The Labute approximate surface area is 123 Å². The van der Waals surface area contributed by atoms with E-state index >= 15 is 0 Å². The van der Waals surface area contributed by atoms with Crippen molar-refractivity contribution in [2.75, 3.05) is 13.7 Å². The molecule has 1 aromatic carbocycles. The van der Waals surface area contributed by atoms with Crippen molar-refractivity contribution >= 4 is 0 Å². The Bertz CT molecular complexity index is 449. The molecule has 2 unspecified atom stereocenters. The molecule has 0 bridgehead atoms. The van der Waals surface area contributed by atoms with E-state index in [2.05, 4.69) is 40.7 Å². The molecule has 0 amide bonds. The van der Waals surface area contributed by atoms with E-state index in [1.165, 1.54) is 5.56 Å². The highest BCUT2D eigenvalue weighted by Gasteiger charge is 2.34. The summed E-state index contributed by atoms with van der Waals surface area (Å²) in [5, 5.41) is 0. The number of rotatable bonds is 5. The van der Waals surface area contributed by atoms with Crippen LogP contribution in [0.15, 0.2) is 12.1 Å². The Morgan fingerprint density at radius 1 is 1.20 bits per heavy atom. The van der Waals surface area contributed by atoms with E-state index in [1.807, 2.05) is 13.0 Å². The fourth-order valence-corrected chi connectivity index (χ4v) is 2.76. The van der Waals surface area contributed by atoms with Crippen LogP contribution in [0.25, 0.3) is 0 Å². The maximum atomic E-state index is 6.53. The van der Waals surface area contributed by atoms with Gasteiger partial charge < -0.3 is 15.2 Å². The Kier molecular flexibility index (Phi) is 5.60. The molecule has 0 aliphatic carbocycles. The van der Waals surface area contributed by atoms with Crippen LogP contribution in [0, 0.1) is 19.3 Å². The Hall–Kier alpha value is -1.06. The van der Waals surface area contributed by atoms with Gasteiger partial charge in [-0.3, -0.25) is 0 Å². The Morgan fingerprint density at radius 2 is 1.80 bits per heavy atom. The quantitative estimate of drug-likeness (QED) is 0.892. The van der Waals surface area contributed by atoms with Gasteiger partial charge in [0.15, 0.2) is 0 Å². The van der Waals surface area contributed by atoms with E-state index in [0.29, 0.717) is 6.61 Å². The summed E-state index contributed by atoms with van der Waals surface area (Å²) >= 11 is 0. The molecule has 0 fully saturated rings. The molecule has 0 saturated carbocycles. The summed E-state index contributed by atoms with van der Waals surface area (Å²) in [5.41, 5.74) is 9.89. The van der Waals surface area contributed by atoms with Crippen LogP contribution in [-0.4, -0.2) is 19.8 Å². The lowest BCUT2D eigenvalue weighted by molar-refractivity contribution is -0.0287. The summed E-state index contributed by atoms with van der Waals surface area (Å²) in [6.45, 7) is 13.3. The molecule has 2 N–H and O–H groups in total. The predicted molar refractivity (Wildman–Crippen MR) is 84.3 cm³/mol. The molecule has 0 heterocycles. The average Bonchev–Trinajstić information content (AvgIpc) is 2.32. The maximum absolute atomic E-state index is 6.53. The fourth-order valence-electron chi connectivity index (χ4n) is 2.76. The normalized spacial score (nSPS) is 15.0. The molecular formula is C17H29NO2. The van der Waals surface area contributed by atoms with E-state index in [0.717, 1.165) is 16.9 Å². The zero-order valence-corrected chi connectivity index (χ0v) is 13.9. The van der Waals surface area contributed by atoms with Crippen molar-refractivity contribution in [3.05, 3.63) is 28.8 Å². The van der Waals surface area contributed by atoms with Crippen LogP contribution in [-0.2, 0) is 4.74 Å². The van der Waals surface area contributed by atoms with Gasteiger partial charge in [-0.1, -0.05) is 26.8 Å². The molecule has 3 nitrogen and oxygen atoms in total.